The molecule has 0 saturated heterocycles. The first-order valence-corrected chi connectivity index (χ1v) is 4.02. The van der Waals surface area contributed by atoms with E-state index in [2.05, 4.69) is 0 Å². The summed E-state index contributed by atoms with van der Waals surface area (Å²) in [6, 6.07) is 0. The molecule has 60 valence electrons. The average Bonchev–Trinajstić information content (AvgIpc) is 1.96. The maximum absolute atomic E-state index is 9.70. The van der Waals surface area contributed by atoms with Crippen molar-refractivity contribution >= 4 is 0 Å². The quantitative estimate of drug-likeness (QED) is 0.574. The van der Waals surface area contributed by atoms with Crippen molar-refractivity contribution in [1.29, 1.82) is 0 Å². The normalized spacial score (nSPS) is 41.7. The molecule has 0 radical (unpaired) electrons. The van der Waals surface area contributed by atoms with Gasteiger partial charge in [0.1, 0.15) is 0 Å². The van der Waals surface area contributed by atoms with Crippen LogP contribution in [0.3, 0.4) is 0 Å². The molecule has 2 atom stereocenters. The summed E-state index contributed by atoms with van der Waals surface area (Å²) in [6.07, 6.45) is 4.08. The zero-order valence-electron chi connectivity index (χ0n) is 6.51. The highest BCUT2D eigenvalue weighted by molar-refractivity contribution is 4.86. The Balaban J connectivity index is 2.54. The lowest BCUT2D eigenvalue weighted by atomic mass is 9.77. The molecule has 0 aromatic rings. The second-order valence-corrected chi connectivity index (χ2v) is 3.41. The molecule has 0 aliphatic heterocycles. The molecule has 0 spiro atoms. The molecule has 1 aliphatic rings. The Morgan fingerprint density at radius 3 is 2.60 bits per heavy atom. The van der Waals surface area contributed by atoms with Crippen LogP contribution in [0.25, 0.3) is 0 Å². The topological polar surface area (TPSA) is 40.5 Å². The lowest BCUT2D eigenvalue weighted by molar-refractivity contribution is -0.0793. The number of hydrogen-bond acceptors (Lipinski definition) is 2. The van der Waals surface area contributed by atoms with E-state index in [1.54, 1.807) is 0 Å². The van der Waals surface area contributed by atoms with Crippen molar-refractivity contribution < 1.29 is 10.2 Å². The van der Waals surface area contributed by atoms with Crippen LogP contribution in [0.15, 0.2) is 0 Å². The summed E-state index contributed by atoms with van der Waals surface area (Å²) in [4.78, 5) is 0. The number of aliphatic hydroxyl groups is 2. The van der Waals surface area contributed by atoms with E-state index >= 15 is 0 Å². The van der Waals surface area contributed by atoms with Gasteiger partial charge in [0, 0.05) is 0 Å². The van der Waals surface area contributed by atoms with Crippen LogP contribution in [0.1, 0.15) is 32.6 Å². The molecule has 0 amide bonds. The van der Waals surface area contributed by atoms with Gasteiger partial charge in [-0.3, -0.25) is 0 Å². The summed E-state index contributed by atoms with van der Waals surface area (Å²) in [5, 5.41) is 18.6. The molecular formula is C8H16O2. The van der Waals surface area contributed by atoms with Crippen molar-refractivity contribution in [2.45, 2.75) is 38.2 Å². The van der Waals surface area contributed by atoms with Crippen LogP contribution in [0.2, 0.25) is 0 Å². The van der Waals surface area contributed by atoms with E-state index in [1.165, 1.54) is 6.42 Å². The third-order valence-corrected chi connectivity index (χ3v) is 2.69. The lowest BCUT2D eigenvalue weighted by Crippen LogP contribution is -2.42. The van der Waals surface area contributed by atoms with Crippen LogP contribution in [-0.2, 0) is 0 Å². The van der Waals surface area contributed by atoms with E-state index in [4.69, 9.17) is 5.11 Å². The summed E-state index contributed by atoms with van der Waals surface area (Å²) >= 11 is 0. The maximum Gasteiger partial charge on any atom is 0.0902 e. The predicted octanol–water partition coefficient (Wildman–Crippen LogP) is 0.920. The van der Waals surface area contributed by atoms with Gasteiger partial charge in [0.25, 0.3) is 0 Å². The molecule has 10 heavy (non-hydrogen) atoms. The van der Waals surface area contributed by atoms with Gasteiger partial charge in [-0.25, -0.2) is 0 Å². The van der Waals surface area contributed by atoms with Crippen LogP contribution >= 0.6 is 0 Å². The molecule has 0 aromatic heterocycles. The molecule has 2 nitrogen and oxygen atoms in total. The van der Waals surface area contributed by atoms with E-state index in [0.29, 0.717) is 0 Å². The minimum absolute atomic E-state index is 0.0752. The first kappa shape index (κ1) is 8.02. The van der Waals surface area contributed by atoms with Crippen LogP contribution < -0.4 is 0 Å². The molecule has 1 rings (SSSR count). The van der Waals surface area contributed by atoms with Gasteiger partial charge in [-0.1, -0.05) is 19.8 Å². The van der Waals surface area contributed by atoms with E-state index in [1.807, 2.05) is 6.92 Å². The van der Waals surface area contributed by atoms with Gasteiger partial charge in [0.15, 0.2) is 0 Å². The molecule has 1 fully saturated rings. The Morgan fingerprint density at radius 2 is 2.20 bits per heavy atom. The second kappa shape index (κ2) is 2.89. The fourth-order valence-corrected chi connectivity index (χ4v) is 1.63. The molecular weight excluding hydrogens is 128 g/mol. The first-order valence-electron chi connectivity index (χ1n) is 4.02. The maximum atomic E-state index is 9.70. The minimum Gasteiger partial charge on any atom is -0.393 e. The van der Waals surface area contributed by atoms with Crippen molar-refractivity contribution in [3.8, 4) is 0 Å². The highest BCUT2D eigenvalue weighted by Gasteiger charge is 2.34. The summed E-state index contributed by atoms with van der Waals surface area (Å²) in [5.41, 5.74) is -0.766. The van der Waals surface area contributed by atoms with Crippen molar-refractivity contribution in [3.05, 3.63) is 0 Å². The largest absolute Gasteiger partial charge is 0.393 e. The van der Waals surface area contributed by atoms with Crippen molar-refractivity contribution in [3.63, 3.8) is 0 Å². The Bertz CT molecular complexity index is 114. The lowest BCUT2D eigenvalue weighted by Gasteiger charge is -2.36. The van der Waals surface area contributed by atoms with Crippen LogP contribution in [0, 0.1) is 5.92 Å². The summed E-state index contributed by atoms with van der Waals surface area (Å²) < 4.78 is 0. The van der Waals surface area contributed by atoms with Gasteiger partial charge in [0.2, 0.25) is 0 Å². The SMILES string of the molecule is C[C@@H]1CCCC[C@@]1(O)CO. The van der Waals surface area contributed by atoms with Gasteiger partial charge in [-0.2, -0.15) is 0 Å². The van der Waals surface area contributed by atoms with Gasteiger partial charge in [0.05, 0.1) is 12.2 Å². The molecule has 0 aromatic carbocycles. The minimum atomic E-state index is -0.766. The zero-order valence-corrected chi connectivity index (χ0v) is 6.51. The van der Waals surface area contributed by atoms with Crippen molar-refractivity contribution in [1.82, 2.24) is 0 Å². The second-order valence-electron chi connectivity index (χ2n) is 3.41. The van der Waals surface area contributed by atoms with E-state index in [0.717, 1.165) is 19.3 Å². The third kappa shape index (κ3) is 1.32. The van der Waals surface area contributed by atoms with Gasteiger partial charge >= 0.3 is 0 Å². The van der Waals surface area contributed by atoms with Gasteiger partial charge in [-0.15, -0.1) is 0 Å². The fourth-order valence-electron chi connectivity index (χ4n) is 1.63. The zero-order chi connectivity index (χ0) is 7.61. The third-order valence-electron chi connectivity index (χ3n) is 2.69. The van der Waals surface area contributed by atoms with E-state index in [-0.39, 0.29) is 12.5 Å². The first-order chi connectivity index (χ1) is 4.69. The molecule has 2 N–H and O–H groups in total. The summed E-state index contributed by atoms with van der Waals surface area (Å²) in [5.74, 6) is 0.270. The van der Waals surface area contributed by atoms with Crippen LogP contribution in [0.4, 0.5) is 0 Å². The average molecular weight is 144 g/mol. The smallest absolute Gasteiger partial charge is 0.0902 e. The summed E-state index contributed by atoms with van der Waals surface area (Å²) in [6.45, 7) is 1.93. The van der Waals surface area contributed by atoms with E-state index < -0.39 is 5.60 Å². The van der Waals surface area contributed by atoms with Crippen LogP contribution in [-0.4, -0.2) is 22.4 Å². The molecule has 1 aliphatic carbocycles. The fraction of sp³-hybridized carbons (Fsp3) is 1.00. The predicted molar refractivity (Wildman–Crippen MR) is 39.7 cm³/mol. The molecule has 0 heterocycles. The van der Waals surface area contributed by atoms with Crippen molar-refractivity contribution in [2.75, 3.05) is 6.61 Å². The monoisotopic (exact) mass is 144 g/mol. The number of hydrogen-bond donors (Lipinski definition) is 2. The molecule has 0 unspecified atom stereocenters. The molecule has 1 saturated carbocycles. The van der Waals surface area contributed by atoms with E-state index in [9.17, 15) is 5.11 Å². The van der Waals surface area contributed by atoms with Crippen molar-refractivity contribution in [2.24, 2.45) is 5.92 Å². The van der Waals surface area contributed by atoms with Crippen LogP contribution in [0.5, 0.6) is 0 Å². The molecule has 0 bridgehead atoms. The Kier molecular flexibility index (Phi) is 2.32. The Morgan fingerprint density at radius 1 is 1.50 bits per heavy atom. The highest BCUT2D eigenvalue weighted by Crippen LogP contribution is 2.32. The highest BCUT2D eigenvalue weighted by atomic mass is 16.3. The summed E-state index contributed by atoms with van der Waals surface area (Å²) in [7, 11) is 0. The Hall–Kier alpha value is -0.0800. The number of rotatable bonds is 1. The standard InChI is InChI=1S/C8H16O2/c1-7-4-2-3-5-8(7,10)6-9/h7,9-10H,2-6H2,1H3/t7-,8-/m1/s1. The van der Waals surface area contributed by atoms with Gasteiger partial charge < -0.3 is 10.2 Å². The van der Waals surface area contributed by atoms with Gasteiger partial charge in [-0.05, 0) is 18.8 Å². The Labute approximate surface area is 61.9 Å². The molecule has 2 heteroatoms. The number of aliphatic hydroxyl groups excluding tert-OH is 1.